The molecule has 3 aromatic heterocycles. The van der Waals surface area contributed by atoms with Gasteiger partial charge in [0.1, 0.15) is 5.82 Å². The number of aryl methyl sites for hydroxylation is 3. The van der Waals surface area contributed by atoms with Gasteiger partial charge in [-0.3, -0.25) is 14.5 Å². The summed E-state index contributed by atoms with van der Waals surface area (Å²) in [7, 11) is 1.86. The number of carbonyl (C=O) groups excluding carboxylic acids is 1. The van der Waals surface area contributed by atoms with Crippen molar-refractivity contribution in [2.24, 2.45) is 7.05 Å². The number of rotatable bonds is 5. The van der Waals surface area contributed by atoms with E-state index in [4.69, 9.17) is 4.98 Å². The van der Waals surface area contributed by atoms with Crippen LogP contribution in [-0.2, 0) is 11.8 Å². The molecular formula is C24H28N6O. The first-order valence-electron chi connectivity index (χ1n) is 10.6. The second-order valence-corrected chi connectivity index (χ2v) is 8.05. The standard InChI is InChI=1S/C24H28N6O/c1-17-6-4-8-23(27-17)28-20-14-18(2)26-22(15-20)19-7-5-13-30(16-19)24(31)10-9-21-11-12-25-29(21)3/h4,6,8-12,14-15,19H,5,7,13,16H2,1-3H3,(H,26,27,28)/b10-9+/t19-/m1/s1. The number of hydrogen-bond donors (Lipinski definition) is 1. The van der Waals surface area contributed by atoms with Gasteiger partial charge in [-0.15, -0.1) is 0 Å². The van der Waals surface area contributed by atoms with Gasteiger partial charge in [0.2, 0.25) is 5.91 Å². The Balaban J connectivity index is 1.47. The summed E-state index contributed by atoms with van der Waals surface area (Å²) in [6.45, 7) is 5.42. The minimum atomic E-state index is 0.0286. The number of pyridine rings is 2. The highest BCUT2D eigenvalue weighted by Crippen LogP contribution is 2.29. The van der Waals surface area contributed by atoms with Gasteiger partial charge in [0.15, 0.2) is 0 Å². The molecule has 7 nitrogen and oxygen atoms in total. The molecule has 160 valence electrons. The Bertz CT molecular complexity index is 1100. The monoisotopic (exact) mass is 416 g/mol. The maximum absolute atomic E-state index is 12.8. The number of amides is 1. The summed E-state index contributed by atoms with van der Waals surface area (Å²) in [5, 5.41) is 7.52. The zero-order valence-corrected chi connectivity index (χ0v) is 18.2. The van der Waals surface area contributed by atoms with Crippen LogP contribution in [0.25, 0.3) is 6.08 Å². The molecule has 1 atom stereocenters. The van der Waals surface area contributed by atoms with E-state index in [0.717, 1.165) is 53.7 Å². The van der Waals surface area contributed by atoms with Gasteiger partial charge in [-0.25, -0.2) is 4.98 Å². The molecule has 0 radical (unpaired) electrons. The fourth-order valence-electron chi connectivity index (χ4n) is 3.96. The smallest absolute Gasteiger partial charge is 0.246 e. The van der Waals surface area contributed by atoms with Crippen molar-refractivity contribution in [2.45, 2.75) is 32.6 Å². The predicted octanol–water partition coefficient (Wildman–Crippen LogP) is 3.99. The number of piperidine rings is 1. The van der Waals surface area contributed by atoms with E-state index >= 15 is 0 Å². The van der Waals surface area contributed by atoms with E-state index in [1.165, 1.54) is 0 Å². The third-order valence-electron chi connectivity index (χ3n) is 5.54. The molecule has 4 rings (SSSR count). The van der Waals surface area contributed by atoms with Crippen LogP contribution in [-0.4, -0.2) is 43.6 Å². The van der Waals surface area contributed by atoms with Gasteiger partial charge in [0.05, 0.1) is 5.69 Å². The lowest BCUT2D eigenvalue weighted by atomic mass is 9.93. The van der Waals surface area contributed by atoms with Crippen molar-refractivity contribution in [3.63, 3.8) is 0 Å². The molecule has 0 spiro atoms. The minimum Gasteiger partial charge on any atom is -0.340 e. The van der Waals surface area contributed by atoms with Crippen LogP contribution in [0, 0.1) is 13.8 Å². The molecule has 0 aliphatic carbocycles. The minimum absolute atomic E-state index is 0.0286. The second kappa shape index (κ2) is 9.12. The van der Waals surface area contributed by atoms with E-state index in [0.29, 0.717) is 6.54 Å². The summed E-state index contributed by atoms with van der Waals surface area (Å²) in [4.78, 5) is 24.0. The van der Waals surface area contributed by atoms with Crippen LogP contribution >= 0.6 is 0 Å². The Hall–Kier alpha value is -3.48. The SMILES string of the molecule is Cc1cccc(Nc2cc(C)nc([C@@H]3CCCN(C(=O)/C=C/c4ccnn4C)C3)c2)n1. The summed E-state index contributed by atoms with van der Waals surface area (Å²) in [5.74, 6) is 1.06. The van der Waals surface area contributed by atoms with Crippen LogP contribution in [0.5, 0.6) is 0 Å². The molecule has 1 amide bonds. The highest BCUT2D eigenvalue weighted by Gasteiger charge is 2.25. The zero-order valence-electron chi connectivity index (χ0n) is 18.2. The lowest BCUT2D eigenvalue weighted by Gasteiger charge is -2.32. The fourth-order valence-corrected chi connectivity index (χ4v) is 3.96. The molecule has 0 unspecified atom stereocenters. The molecule has 0 saturated carbocycles. The van der Waals surface area contributed by atoms with Gasteiger partial charge in [-0.05, 0) is 63.1 Å². The molecule has 1 N–H and O–H groups in total. The summed E-state index contributed by atoms with van der Waals surface area (Å²) < 4.78 is 1.75. The molecular weight excluding hydrogens is 388 g/mol. The number of anilines is 2. The zero-order chi connectivity index (χ0) is 21.8. The van der Waals surface area contributed by atoms with Gasteiger partial charge < -0.3 is 10.2 Å². The molecule has 1 saturated heterocycles. The Morgan fingerprint density at radius 1 is 1.16 bits per heavy atom. The first kappa shape index (κ1) is 20.8. The van der Waals surface area contributed by atoms with Crippen molar-refractivity contribution in [3.05, 3.63) is 71.4 Å². The molecule has 4 heterocycles. The van der Waals surface area contributed by atoms with E-state index in [9.17, 15) is 4.79 Å². The maximum atomic E-state index is 12.8. The maximum Gasteiger partial charge on any atom is 0.246 e. The fraction of sp³-hybridized carbons (Fsp3) is 0.333. The first-order chi connectivity index (χ1) is 15.0. The van der Waals surface area contributed by atoms with Crippen LogP contribution in [0.4, 0.5) is 11.5 Å². The molecule has 1 aliphatic rings. The molecule has 31 heavy (non-hydrogen) atoms. The number of aromatic nitrogens is 4. The van der Waals surface area contributed by atoms with E-state index in [2.05, 4.69) is 21.5 Å². The van der Waals surface area contributed by atoms with E-state index < -0.39 is 0 Å². The highest BCUT2D eigenvalue weighted by molar-refractivity contribution is 5.91. The molecule has 7 heteroatoms. The van der Waals surface area contributed by atoms with Crippen molar-refractivity contribution in [1.29, 1.82) is 0 Å². The van der Waals surface area contributed by atoms with Gasteiger partial charge in [-0.2, -0.15) is 5.10 Å². The van der Waals surface area contributed by atoms with E-state index in [-0.39, 0.29) is 11.8 Å². The van der Waals surface area contributed by atoms with Crippen LogP contribution in [0.2, 0.25) is 0 Å². The first-order valence-corrected chi connectivity index (χ1v) is 10.6. The van der Waals surface area contributed by atoms with Crippen molar-refractivity contribution < 1.29 is 4.79 Å². The van der Waals surface area contributed by atoms with Crippen LogP contribution in [0.1, 0.15) is 41.5 Å². The van der Waals surface area contributed by atoms with Crippen molar-refractivity contribution in [1.82, 2.24) is 24.6 Å². The molecule has 1 fully saturated rings. The highest BCUT2D eigenvalue weighted by atomic mass is 16.2. The van der Waals surface area contributed by atoms with Crippen molar-refractivity contribution >= 4 is 23.5 Å². The van der Waals surface area contributed by atoms with Crippen LogP contribution in [0.15, 0.2) is 48.7 Å². The van der Waals surface area contributed by atoms with Gasteiger partial charge in [-0.1, -0.05) is 6.07 Å². The second-order valence-electron chi connectivity index (χ2n) is 8.05. The Morgan fingerprint density at radius 3 is 2.81 bits per heavy atom. The van der Waals surface area contributed by atoms with Crippen molar-refractivity contribution in [3.8, 4) is 0 Å². The average Bonchev–Trinajstić information content (AvgIpc) is 3.16. The largest absolute Gasteiger partial charge is 0.340 e. The number of nitrogens with one attached hydrogen (secondary N) is 1. The van der Waals surface area contributed by atoms with Gasteiger partial charge in [0, 0.05) is 61.1 Å². The van der Waals surface area contributed by atoms with Crippen molar-refractivity contribution in [2.75, 3.05) is 18.4 Å². The molecule has 3 aromatic rings. The van der Waals surface area contributed by atoms with Gasteiger partial charge >= 0.3 is 0 Å². The molecule has 0 aromatic carbocycles. The average molecular weight is 417 g/mol. The summed E-state index contributed by atoms with van der Waals surface area (Å²) in [5.41, 5.74) is 4.81. The predicted molar refractivity (Wildman–Crippen MR) is 122 cm³/mol. The Kier molecular flexibility index (Phi) is 6.11. The third-order valence-corrected chi connectivity index (χ3v) is 5.54. The number of hydrogen-bond acceptors (Lipinski definition) is 5. The topological polar surface area (TPSA) is 75.9 Å². The third kappa shape index (κ3) is 5.17. The lowest BCUT2D eigenvalue weighted by molar-refractivity contribution is -0.127. The van der Waals surface area contributed by atoms with Gasteiger partial charge in [0.25, 0.3) is 0 Å². The van der Waals surface area contributed by atoms with E-state index in [1.807, 2.05) is 62.2 Å². The van der Waals surface area contributed by atoms with E-state index in [1.54, 1.807) is 17.0 Å². The van der Waals surface area contributed by atoms with Crippen LogP contribution < -0.4 is 5.32 Å². The Morgan fingerprint density at radius 2 is 2.03 bits per heavy atom. The van der Waals surface area contributed by atoms with Crippen LogP contribution in [0.3, 0.4) is 0 Å². The molecule has 1 aliphatic heterocycles. The summed E-state index contributed by atoms with van der Waals surface area (Å²) in [6, 6.07) is 11.9. The lowest BCUT2D eigenvalue weighted by Crippen LogP contribution is -2.38. The Labute approximate surface area is 182 Å². The number of likely N-dealkylation sites (tertiary alicyclic amines) is 1. The number of nitrogens with zero attached hydrogens (tertiary/aromatic N) is 5. The quantitative estimate of drug-likeness (QED) is 0.637. The normalized spacial score (nSPS) is 16.6. The summed E-state index contributed by atoms with van der Waals surface area (Å²) >= 11 is 0. The number of carbonyl (C=O) groups is 1. The molecule has 0 bridgehead atoms. The summed E-state index contributed by atoms with van der Waals surface area (Å²) in [6.07, 6.45) is 7.17.